The fourth-order valence-electron chi connectivity index (χ4n) is 1.58. The molecule has 0 aliphatic rings. The molecular formula is C13H17NO3. The number of carbonyl (C=O) groups excluding carboxylic acids is 1. The fourth-order valence-corrected chi connectivity index (χ4v) is 1.58. The molecule has 4 nitrogen and oxygen atoms in total. The van der Waals surface area contributed by atoms with Gasteiger partial charge in [-0.05, 0) is 36.4 Å². The monoisotopic (exact) mass is 235 g/mol. The Morgan fingerprint density at radius 2 is 1.76 bits per heavy atom. The van der Waals surface area contributed by atoms with E-state index in [9.17, 15) is 4.79 Å². The number of nitrogens with one attached hydrogen (secondary N) is 1. The molecule has 1 rings (SSSR count). The Morgan fingerprint density at radius 3 is 2.12 bits per heavy atom. The van der Waals surface area contributed by atoms with E-state index < -0.39 is 0 Å². The SMILES string of the molecule is CN/C=C(\C)c1cc(OC)c(C=O)c(OC)c1. The minimum absolute atomic E-state index is 0.427. The summed E-state index contributed by atoms with van der Waals surface area (Å²) in [5, 5.41) is 2.96. The molecule has 17 heavy (non-hydrogen) atoms. The van der Waals surface area contributed by atoms with Gasteiger partial charge in [0.2, 0.25) is 0 Å². The average molecular weight is 235 g/mol. The van der Waals surface area contributed by atoms with Crippen LogP contribution in [-0.2, 0) is 0 Å². The summed E-state index contributed by atoms with van der Waals surface area (Å²) >= 11 is 0. The Labute approximate surface area is 101 Å². The third-order valence-electron chi connectivity index (χ3n) is 2.48. The van der Waals surface area contributed by atoms with E-state index in [-0.39, 0.29) is 0 Å². The number of aldehydes is 1. The number of benzene rings is 1. The van der Waals surface area contributed by atoms with Crippen LogP contribution >= 0.6 is 0 Å². The summed E-state index contributed by atoms with van der Waals surface area (Å²) in [6.07, 6.45) is 2.60. The Bertz CT molecular complexity index is 413. The van der Waals surface area contributed by atoms with Crippen LogP contribution in [0.3, 0.4) is 0 Å². The molecule has 0 saturated heterocycles. The van der Waals surface area contributed by atoms with Gasteiger partial charge in [0.15, 0.2) is 6.29 Å². The number of hydrogen-bond acceptors (Lipinski definition) is 4. The summed E-state index contributed by atoms with van der Waals surface area (Å²) in [7, 11) is 4.89. The van der Waals surface area contributed by atoms with Crippen molar-refractivity contribution >= 4 is 11.9 Å². The van der Waals surface area contributed by atoms with Crippen molar-refractivity contribution in [2.24, 2.45) is 0 Å². The zero-order valence-corrected chi connectivity index (χ0v) is 10.5. The van der Waals surface area contributed by atoms with Gasteiger partial charge in [-0.15, -0.1) is 0 Å². The van der Waals surface area contributed by atoms with E-state index in [1.807, 2.05) is 32.3 Å². The standard InChI is InChI=1S/C13H17NO3/c1-9(7-14-2)10-5-12(16-3)11(8-15)13(6-10)17-4/h5-8,14H,1-4H3/b9-7+. The van der Waals surface area contributed by atoms with Gasteiger partial charge in [0.25, 0.3) is 0 Å². The van der Waals surface area contributed by atoms with Crippen molar-refractivity contribution in [2.75, 3.05) is 21.3 Å². The van der Waals surface area contributed by atoms with E-state index in [2.05, 4.69) is 5.32 Å². The van der Waals surface area contributed by atoms with Crippen molar-refractivity contribution in [3.63, 3.8) is 0 Å². The fraction of sp³-hybridized carbons (Fsp3) is 0.308. The van der Waals surface area contributed by atoms with Crippen LogP contribution in [0, 0.1) is 0 Å². The highest BCUT2D eigenvalue weighted by Gasteiger charge is 2.12. The molecular weight excluding hydrogens is 218 g/mol. The zero-order chi connectivity index (χ0) is 12.8. The van der Waals surface area contributed by atoms with Gasteiger partial charge < -0.3 is 14.8 Å². The van der Waals surface area contributed by atoms with E-state index in [0.29, 0.717) is 17.1 Å². The first kappa shape index (κ1) is 13.1. The molecule has 0 fully saturated rings. The van der Waals surface area contributed by atoms with Crippen molar-refractivity contribution in [2.45, 2.75) is 6.92 Å². The second kappa shape index (κ2) is 5.94. The predicted octanol–water partition coefficient (Wildman–Crippen LogP) is 2.10. The minimum Gasteiger partial charge on any atom is -0.496 e. The smallest absolute Gasteiger partial charge is 0.157 e. The summed E-state index contributed by atoms with van der Waals surface area (Å²) < 4.78 is 10.4. The van der Waals surface area contributed by atoms with E-state index in [1.54, 1.807) is 0 Å². The Morgan fingerprint density at radius 1 is 1.24 bits per heavy atom. The Kier molecular flexibility index (Phi) is 4.57. The van der Waals surface area contributed by atoms with Gasteiger partial charge in [-0.2, -0.15) is 0 Å². The van der Waals surface area contributed by atoms with Crippen LogP contribution in [0.1, 0.15) is 22.8 Å². The van der Waals surface area contributed by atoms with E-state index in [1.165, 1.54) is 14.2 Å². The number of methoxy groups -OCH3 is 2. The van der Waals surface area contributed by atoms with Gasteiger partial charge in [0.05, 0.1) is 19.8 Å². The van der Waals surface area contributed by atoms with Crippen molar-refractivity contribution in [3.05, 3.63) is 29.5 Å². The number of hydrogen-bond donors (Lipinski definition) is 1. The van der Waals surface area contributed by atoms with Crippen molar-refractivity contribution in [1.29, 1.82) is 0 Å². The predicted molar refractivity (Wildman–Crippen MR) is 67.6 cm³/mol. The molecule has 0 radical (unpaired) electrons. The molecule has 0 aliphatic carbocycles. The van der Waals surface area contributed by atoms with Crippen molar-refractivity contribution in [3.8, 4) is 11.5 Å². The lowest BCUT2D eigenvalue weighted by Crippen LogP contribution is -1.99. The largest absolute Gasteiger partial charge is 0.496 e. The quantitative estimate of drug-likeness (QED) is 0.794. The maximum atomic E-state index is 11.0. The second-order valence-corrected chi connectivity index (χ2v) is 3.53. The van der Waals surface area contributed by atoms with Gasteiger partial charge in [-0.25, -0.2) is 0 Å². The molecule has 0 unspecified atom stereocenters. The zero-order valence-electron chi connectivity index (χ0n) is 10.5. The molecule has 0 spiro atoms. The topological polar surface area (TPSA) is 47.6 Å². The first-order valence-electron chi connectivity index (χ1n) is 5.23. The van der Waals surface area contributed by atoms with Crippen LogP contribution in [0.25, 0.3) is 5.57 Å². The summed E-state index contributed by atoms with van der Waals surface area (Å²) in [4.78, 5) is 11.0. The highest BCUT2D eigenvalue weighted by Crippen LogP contribution is 2.31. The summed E-state index contributed by atoms with van der Waals surface area (Å²) in [6.45, 7) is 1.96. The number of carbonyl (C=O) groups is 1. The highest BCUT2D eigenvalue weighted by molar-refractivity contribution is 5.85. The highest BCUT2D eigenvalue weighted by atomic mass is 16.5. The van der Waals surface area contributed by atoms with Crippen LogP contribution in [0.15, 0.2) is 18.3 Å². The number of allylic oxidation sites excluding steroid dienone is 1. The molecule has 4 heteroatoms. The maximum Gasteiger partial charge on any atom is 0.157 e. The van der Waals surface area contributed by atoms with Gasteiger partial charge in [0, 0.05) is 7.05 Å². The maximum absolute atomic E-state index is 11.0. The lowest BCUT2D eigenvalue weighted by atomic mass is 10.0. The Balaban J connectivity index is 3.36. The van der Waals surface area contributed by atoms with Crippen LogP contribution in [0.4, 0.5) is 0 Å². The first-order valence-corrected chi connectivity index (χ1v) is 5.23. The van der Waals surface area contributed by atoms with E-state index in [4.69, 9.17) is 9.47 Å². The third kappa shape index (κ3) is 2.78. The second-order valence-electron chi connectivity index (χ2n) is 3.53. The Hall–Kier alpha value is -1.97. The normalized spacial score (nSPS) is 10.9. The third-order valence-corrected chi connectivity index (χ3v) is 2.48. The molecule has 1 aromatic carbocycles. The van der Waals surface area contributed by atoms with Crippen LogP contribution < -0.4 is 14.8 Å². The van der Waals surface area contributed by atoms with Gasteiger partial charge in [-0.1, -0.05) is 0 Å². The average Bonchev–Trinajstić information content (AvgIpc) is 2.37. The van der Waals surface area contributed by atoms with Crippen molar-refractivity contribution < 1.29 is 14.3 Å². The van der Waals surface area contributed by atoms with E-state index >= 15 is 0 Å². The minimum atomic E-state index is 0.427. The lowest BCUT2D eigenvalue weighted by molar-refractivity contribution is 0.111. The molecule has 0 aliphatic heterocycles. The molecule has 1 aromatic rings. The number of rotatable bonds is 5. The molecule has 0 aromatic heterocycles. The van der Waals surface area contributed by atoms with Gasteiger partial charge in [0.1, 0.15) is 11.5 Å². The summed E-state index contributed by atoms with van der Waals surface area (Å²) in [6, 6.07) is 3.63. The first-order chi connectivity index (χ1) is 8.17. The summed E-state index contributed by atoms with van der Waals surface area (Å²) in [5.41, 5.74) is 2.40. The summed E-state index contributed by atoms with van der Waals surface area (Å²) in [5.74, 6) is 1.02. The molecule has 0 bridgehead atoms. The lowest BCUT2D eigenvalue weighted by Gasteiger charge is -2.12. The molecule has 0 amide bonds. The van der Waals surface area contributed by atoms with Crippen LogP contribution in [0.2, 0.25) is 0 Å². The van der Waals surface area contributed by atoms with Gasteiger partial charge >= 0.3 is 0 Å². The van der Waals surface area contributed by atoms with Crippen LogP contribution in [0.5, 0.6) is 11.5 Å². The molecule has 0 atom stereocenters. The number of ether oxygens (including phenoxy) is 2. The molecule has 0 heterocycles. The molecule has 1 N–H and O–H groups in total. The van der Waals surface area contributed by atoms with Crippen molar-refractivity contribution in [1.82, 2.24) is 5.32 Å². The van der Waals surface area contributed by atoms with Crippen LogP contribution in [-0.4, -0.2) is 27.6 Å². The van der Waals surface area contributed by atoms with E-state index in [0.717, 1.165) is 17.4 Å². The molecule has 0 saturated carbocycles. The molecule has 92 valence electrons. The van der Waals surface area contributed by atoms with Gasteiger partial charge in [-0.3, -0.25) is 4.79 Å².